The van der Waals surface area contributed by atoms with Crippen LogP contribution in [0.5, 0.6) is 0 Å². The molecule has 0 aromatic carbocycles. The van der Waals surface area contributed by atoms with E-state index in [0.717, 1.165) is 56.6 Å². The molecule has 0 unspecified atom stereocenters. The van der Waals surface area contributed by atoms with Gasteiger partial charge < -0.3 is 9.80 Å². The first-order valence-electron chi connectivity index (χ1n) is 10.9. The van der Waals surface area contributed by atoms with Crippen molar-refractivity contribution in [2.45, 2.75) is 59.4 Å². The summed E-state index contributed by atoms with van der Waals surface area (Å²) in [4.78, 5) is 29.2. The van der Waals surface area contributed by atoms with Crippen molar-refractivity contribution in [2.24, 2.45) is 11.8 Å². The topological polar surface area (TPSA) is 58.4 Å². The van der Waals surface area contributed by atoms with Gasteiger partial charge in [-0.05, 0) is 51.0 Å². The summed E-state index contributed by atoms with van der Waals surface area (Å²) in [5, 5.41) is 5.06. The number of nitrogens with zero attached hydrogens (tertiary/aromatic N) is 4. The van der Waals surface area contributed by atoms with Gasteiger partial charge in [-0.15, -0.1) is 0 Å². The van der Waals surface area contributed by atoms with Crippen molar-refractivity contribution < 1.29 is 9.59 Å². The number of hydrogen-bond acceptors (Lipinski definition) is 3. The Kier molecular flexibility index (Phi) is 7.38. The van der Waals surface area contributed by atoms with Crippen molar-refractivity contribution >= 4 is 29.5 Å². The van der Waals surface area contributed by atoms with Crippen molar-refractivity contribution in [2.75, 3.05) is 26.2 Å². The zero-order valence-electron chi connectivity index (χ0n) is 17.9. The molecule has 0 aliphatic carbocycles. The standard InChI is InChI=1S/C22H33ClN4O2/c1-16(2)15-27-21(23)19(17(3)24-27)7-8-20(28)25-13-9-18(10-14-25)22(29)26-11-5-4-6-12-26/h7-8,16,18H,4-6,9-15H2,1-3H3/b8-7+. The highest BCUT2D eigenvalue weighted by Gasteiger charge is 2.30. The second-order valence-corrected chi connectivity index (χ2v) is 9.04. The number of carbonyl (C=O) groups excluding carboxylic acids is 2. The summed E-state index contributed by atoms with van der Waals surface area (Å²) < 4.78 is 1.80. The number of amides is 2. The molecule has 1 aromatic heterocycles. The molecule has 2 aliphatic heterocycles. The molecule has 0 saturated carbocycles. The molecule has 0 bridgehead atoms. The van der Waals surface area contributed by atoms with Crippen LogP contribution in [0.2, 0.25) is 5.15 Å². The first kappa shape index (κ1) is 21.9. The number of likely N-dealkylation sites (tertiary alicyclic amines) is 2. The molecular weight excluding hydrogens is 388 g/mol. The Bertz CT molecular complexity index is 757. The van der Waals surface area contributed by atoms with Gasteiger partial charge in [-0.25, -0.2) is 0 Å². The van der Waals surface area contributed by atoms with E-state index in [-0.39, 0.29) is 17.7 Å². The van der Waals surface area contributed by atoms with Gasteiger partial charge in [-0.3, -0.25) is 14.3 Å². The van der Waals surface area contributed by atoms with Gasteiger partial charge >= 0.3 is 0 Å². The van der Waals surface area contributed by atoms with Crippen LogP contribution in [0.1, 0.15) is 57.2 Å². The molecule has 0 atom stereocenters. The lowest BCUT2D eigenvalue weighted by atomic mass is 9.94. The maximum atomic E-state index is 12.7. The van der Waals surface area contributed by atoms with E-state index in [1.54, 1.807) is 16.8 Å². The van der Waals surface area contributed by atoms with Crippen LogP contribution in [0.15, 0.2) is 6.08 Å². The molecular formula is C22H33ClN4O2. The van der Waals surface area contributed by atoms with E-state index in [9.17, 15) is 9.59 Å². The molecule has 0 radical (unpaired) electrons. The number of hydrogen-bond donors (Lipinski definition) is 0. The molecule has 7 heteroatoms. The van der Waals surface area contributed by atoms with Crippen LogP contribution in [-0.4, -0.2) is 57.6 Å². The lowest BCUT2D eigenvalue weighted by Gasteiger charge is -2.35. The maximum Gasteiger partial charge on any atom is 0.246 e. The number of halogens is 1. The van der Waals surface area contributed by atoms with E-state index in [1.807, 2.05) is 16.7 Å². The lowest BCUT2D eigenvalue weighted by Crippen LogP contribution is -2.45. The molecule has 6 nitrogen and oxygen atoms in total. The van der Waals surface area contributed by atoms with Crippen LogP contribution in [0, 0.1) is 18.8 Å². The summed E-state index contributed by atoms with van der Waals surface area (Å²) in [6, 6.07) is 0. The Hall–Kier alpha value is -1.82. The van der Waals surface area contributed by atoms with Gasteiger partial charge in [0.15, 0.2) is 0 Å². The molecule has 2 fully saturated rings. The molecule has 3 rings (SSSR count). The van der Waals surface area contributed by atoms with E-state index in [2.05, 4.69) is 18.9 Å². The second kappa shape index (κ2) is 9.79. The molecule has 2 saturated heterocycles. The summed E-state index contributed by atoms with van der Waals surface area (Å²) in [6.07, 6.45) is 8.31. The van der Waals surface area contributed by atoms with Crippen LogP contribution >= 0.6 is 11.6 Å². The van der Waals surface area contributed by atoms with E-state index < -0.39 is 0 Å². The first-order valence-corrected chi connectivity index (χ1v) is 11.2. The highest BCUT2D eigenvalue weighted by molar-refractivity contribution is 6.31. The zero-order valence-corrected chi connectivity index (χ0v) is 18.6. The number of carbonyl (C=O) groups is 2. The van der Waals surface area contributed by atoms with Crippen molar-refractivity contribution in [3.8, 4) is 0 Å². The maximum absolute atomic E-state index is 12.7. The van der Waals surface area contributed by atoms with Crippen molar-refractivity contribution in [3.63, 3.8) is 0 Å². The summed E-state index contributed by atoms with van der Waals surface area (Å²) in [5.41, 5.74) is 1.63. The third kappa shape index (κ3) is 5.41. The normalized spacial score (nSPS) is 18.8. The van der Waals surface area contributed by atoms with Gasteiger partial charge in [-0.1, -0.05) is 25.4 Å². The van der Waals surface area contributed by atoms with Crippen LogP contribution < -0.4 is 0 Å². The highest BCUT2D eigenvalue weighted by Crippen LogP contribution is 2.24. The fraction of sp³-hybridized carbons (Fsp3) is 0.682. The summed E-state index contributed by atoms with van der Waals surface area (Å²) in [6.45, 7) is 9.94. The number of piperidine rings is 2. The van der Waals surface area contributed by atoms with Crippen molar-refractivity contribution in [1.82, 2.24) is 19.6 Å². The van der Waals surface area contributed by atoms with Crippen LogP contribution in [0.25, 0.3) is 6.08 Å². The molecule has 0 spiro atoms. The Morgan fingerprint density at radius 3 is 2.38 bits per heavy atom. The molecule has 0 N–H and O–H groups in total. The Morgan fingerprint density at radius 2 is 1.76 bits per heavy atom. The lowest BCUT2D eigenvalue weighted by molar-refractivity contribution is -0.140. The largest absolute Gasteiger partial charge is 0.342 e. The molecule has 2 aliphatic rings. The predicted octanol–water partition coefficient (Wildman–Crippen LogP) is 3.77. The molecule has 2 amide bonds. The Balaban J connectivity index is 1.54. The minimum absolute atomic E-state index is 0.0269. The fourth-order valence-electron chi connectivity index (χ4n) is 4.20. The Morgan fingerprint density at radius 1 is 1.10 bits per heavy atom. The molecule has 3 heterocycles. The van der Waals surface area contributed by atoms with E-state index in [1.165, 1.54) is 6.42 Å². The third-order valence-corrected chi connectivity index (χ3v) is 6.26. The predicted molar refractivity (Wildman–Crippen MR) is 116 cm³/mol. The average molecular weight is 421 g/mol. The van der Waals surface area contributed by atoms with Crippen molar-refractivity contribution in [3.05, 3.63) is 22.5 Å². The monoisotopic (exact) mass is 420 g/mol. The van der Waals surface area contributed by atoms with E-state index in [0.29, 0.717) is 24.2 Å². The number of aromatic nitrogens is 2. The van der Waals surface area contributed by atoms with Crippen LogP contribution in [-0.2, 0) is 16.1 Å². The fourth-order valence-corrected chi connectivity index (χ4v) is 4.51. The zero-order chi connectivity index (χ0) is 21.0. The van der Waals surface area contributed by atoms with E-state index >= 15 is 0 Å². The molecule has 29 heavy (non-hydrogen) atoms. The highest BCUT2D eigenvalue weighted by atomic mass is 35.5. The quantitative estimate of drug-likeness (QED) is 0.681. The smallest absolute Gasteiger partial charge is 0.246 e. The summed E-state index contributed by atoms with van der Waals surface area (Å²) >= 11 is 6.45. The van der Waals surface area contributed by atoms with Gasteiger partial charge in [-0.2, -0.15) is 5.10 Å². The van der Waals surface area contributed by atoms with Crippen LogP contribution in [0.4, 0.5) is 0 Å². The van der Waals surface area contributed by atoms with Crippen LogP contribution in [0.3, 0.4) is 0 Å². The van der Waals surface area contributed by atoms with E-state index in [4.69, 9.17) is 11.6 Å². The Labute approximate surface area is 178 Å². The van der Waals surface area contributed by atoms with Gasteiger partial charge in [0.25, 0.3) is 0 Å². The number of aryl methyl sites for hydroxylation is 1. The minimum Gasteiger partial charge on any atom is -0.342 e. The third-order valence-electron chi connectivity index (χ3n) is 5.86. The van der Waals surface area contributed by atoms with Crippen molar-refractivity contribution in [1.29, 1.82) is 0 Å². The first-order chi connectivity index (χ1) is 13.9. The molecule has 1 aromatic rings. The molecule has 160 valence electrons. The van der Waals surface area contributed by atoms with Gasteiger partial charge in [0.05, 0.1) is 5.69 Å². The number of rotatable bonds is 5. The second-order valence-electron chi connectivity index (χ2n) is 8.68. The summed E-state index contributed by atoms with van der Waals surface area (Å²) in [5.74, 6) is 0.763. The minimum atomic E-state index is -0.0269. The SMILES string of the molecule is Cc1nn(CC(C)C)c(Cl)c1/C=C/C(=O)N1CCC(C(=O)N2CCCCC2)CC1. The van der Waals surface area contributed by atoms with Gasteiger partial charge in [0.2, 0.25) is 11.8 Å². The summed E-state index contributed by atoms with van der Waals surface area (Å²) in [7, 11) is 0. The average Bonchev–Trinajstić information content (AvgIpc) is 2.98. The van der Waals surface area contributed by atoms with Gasteiger partial charge in [0.1, 0.15) is 5.15 Å². The van der Waals surface area contributed by atoms with Gasteiger partial charge in [0, 0.05) is 50.3 Å².